The summed E-state index contributed by atoms with van der Waals surface area (Å²) in [7, 11) is 1.76. The minimum atomic E-state index is 0.223. The molecule has 1 aliphatic rings. The second kappa shape index (κ2) is 7.40. The number of rotatable bonds is 4. The average molecular weight is 309 g/mol. The molecule has 1 aromatic rings. The first-order chi connectivity index (χ1) is 10.1. The summed E-state index contributed by atoms with van der Waals surface area (Å²) in [4.78, 5) is 23.3. The van der Waals surface area contributed by atoms with E-state index >= 15 is 0 Å². The number of thiazole rings is 1. The molecule has 21 heavy (non-hydrogen) atoms. The predicted octanol–water partition coefficient (Wildman–Crippen LogP) is 1.13. The Morgan fingerprint density at radius 2 is 2.43 bits per heavy atom. The molecule has 0 bridgehead atoms. The highest BCUT2D eigenvalue weighted by Gasteiger charge is 2.25. The van der Waals surface area contributed by atoms with Gasteiger partial charge in [-0.05, 0) is 13.3 Å². The van der Waals surface area contributed by atoms with Crippen LogP contribution in [-0.4, -0.2) is 47.9 Å². The molecule has 2 N–H and O–H groups in total. The molecule has 0 saturated carbocycles. The van der Waals surface area contributed by atoms with Gasteiger partial charge < -0.3 is 15.5 Å². The predicted molar refractivity (Wildman–Crippen MR) is 85.5 cm³/mol. The van der Waals surface area contributed by atoms with Crippen LogP contribution in [0.15, 0.2) is 11.2 Å². The number of aliphatic imine (C=N–C) groups is 1. The Bertz CT molecular complexity index is 513. The molecule has 2 heterocycles. The normalized spacial score (nSPS) is 18.9. The summed E-state index contributed by atoms with van der Waals surface area (Å²) in [5.74, 6) is 0.985. The summed E-state index contributed by atoms with van der Waals surface area (Å²) in [6, 6.07) is 0.268. The van der Waals surface area contributed by atoms with Gasteiger partial charge in [-0.1, -0.05) is 6.92 Å². The molecule has 116 valence electrons. The molecular weight excluding hydrogens is 286 g/mol. The molecule has 1 amide bonds. The van der Waals surface area contributed by atoms with Gasteiger partial charge in [0.2, 0.25) is 5.91 Å². The third kappa shape index (κ3) is 4.42. The van der Waals surface area contributed by atoms with Crippen LogP contribution in [0.3, 0.4) is 0 Å². The largest absolute Gasteiger partial charge is 0.352 e. The summed E-state index contributed by atoms with van der Waals surface area (Å²) in [6.45, 7) is 6.20. The van der Waals surface area contributed by atoms with Crippen LogP contribution in [0.25, 0.3) is 0 Å². The van der Waals surface area contributed by atoms with Gasteiger partial charge in [0.25, 0.3) is 0 Å². The van der Waals surface area contributed by atoms with Crippen molar-refractivity contribution >= 4 is 23.2 Å². The summed E-state index contributed by atoms with van der Waals surface area (Å²) in [5.41, 5.74) is 0. The molecule has 7 heteroatoms. The van der Waals surface area contributed by atoms with E-state index in [0.717, 1.165) is 30.5 Å². The fraction of sp³-hybridized carbons (Fsp3) is 0.643. The lowest BCUT2D eigenvalue weighted by Crippen LogP contribution is -2.44. The molecule has 1 fully saturated rings. The van der Waals surface area contributed by atoms with E-state index in [-0.39, 0.29) is 11.9 Å². The molecular formula is C14H23N5OS. The number of amides is 1. The van der Waals surface area contributed by atoms with Gasteiger partial charge >= 0.3 is 0 Å². The molecule has 6 nitrogen and oxygen atoms in total. The number of nitrogens with zero attached hydrogens (tertiary/aromatic N) is 3. The second-order valence-corrected chi connectivity index (χ2v) is 6.43. The van der Waals surface area contributed by atoms with Crippen LogP contribution in [0.1, 0.15) is 29.7 Å². The number of carbonyl (C=O) groups excluding carboxylic acids is 1. The zero-order chi connectivity index (χ0) is 15.2. The van der Waals surface area contributed by atoms with Crippen molar-refractivity contribution < 1.29 is 4.79 Å². The van der Waals surface area contributed by atoms with Crippen LogP contribution in [0.5, 0.6) is 0 Å². The quantitative estimate of drug-likeness (QED) is 0.646. The Kier molecular flexibility index (Phi) is 5.55. The van der Waals surface area contributed by atoms with Gasteiger partial charge in [0.15, 0.2) is 5.96 Å². The number of aryl methyl sites for hydroxylation is 1. The maximum atomic E-state index is 11.7. The Balaban J connectivity index is 1.79. The van der Waals surface area contributed by atoms with E-state index in [1.54, 1.807) is 18.4 Å². The standard InChI is InChI=1S/C14H23N5OS/c1-4-13(20)19-6-5-11(9-19)18-14(15-3)17-8-12-16-7-10(2)21-12/h7,11H,4-6,8-9H2,1-3H3,(H2,15,17,18). The van der Waals surface area contributed by atoms with Crippen LogP contribution < -0.4 is 10.6 Å². The Morgan fingerprint density at radius 3 is 3.05 bits per heavy atom. The lowest BCUT2D eigenvalue weighted by Gasteiger charge is -2.18. The van der Waals surface area contributed by atoms with Gasteiger partial charge in [0, 0.05) is 43.7 Å². The van der Waals surface area contributed by atoms with Crippen LogP contribution in [0.2, 0.25) is 0 Å². The fourth-order valence-corrected chi connectivity index (χ4v) is 3.09. The molecule has 0 aliphatic carbocycles. The first-order valence-corrected chi connectivity index (χ1v) is 8.10. The van der Waals surface area contributed by atoms with Crippen molar-refractivity contribution in [3.05, 3.63) is 16.1 Å². The van der Waals surface area contributed by atoms with Crippen LogP contribution in [-0.2, 0) is 11.3 Å². The molecule has 1 aliphatic heterocycles. The fourth-order valence-electron chi connectivity index (χ4n) is 2.36. The number of likely N-dealkylation sites (tertiary alicyclic amines) is 1. The highest BCUT2D eigenvalue weighted by atomic mass is 32.1. The number of hydrogen-bond acceptors (Lipinski definition) is 4. The van der Waals surface area contributed by atoms with Crippen molar-refractivity contribution in [2.45, 2.75) is 39.3 Å². The minimum Gasteiger partial charge on any atom is -0.352 e. The summed E-state index contributed by atoms with van der Waals surface area (Å²) in [5, 5.41) is 7.69. The van der Waals surface area contributed by atoms with E-state index < -0.39 is 0 Å². The van der Waals surface area contributed by atoms with E-state index in [1.807, 2.05) is 24.9 Å². The average Bonchev–Trinajstić information content (AvgIpc) is 3.11. The van der Waals surface area contributed by atoms with Crippen molar-refractivity contribution in [1.82, 2.24) is 20.5 Å². The maximum Gasteiger partial charge on any atom is 0.222 e. The highest BCUT2D eigenvalue weighted by molar-refractivity contribution is 7.11. The number of nitrogens with one attached hydrogen (secondary N) is 2. The Hall–Kier alpha value is -1.63. The summed E-state index contributed by atoms with van der Waals surface area (Å²) >= 11 is 1.68. The SMILES string of the molecule is CCC(=O)N1CCC(NC(=NC)NCc2ncc(C)s2)C1. The molecule has 1 saturated heterocycles. The molecule has 1 aromatic heterocycles. The van der Waals surface area contributed by atoms with Gasteiger partial charge in [0.1, 0.15) is 5.01 Å². The first-order valence-electron chi connectivity index (χ1n) is 7.28. The topological polar surface area (TPSA) is 69.6 Å². The van der Waals surface area contributed by atoms with Gasteiger partial charge in [-0.25, -0.2) is 4.98 Å². The zero-order valence-electron chi connectivity index (χ0n) is 12.8. The van der Waals surface area contributed by atoms with E-state index in [4.69, 9.17) is 0 Å². The van der Waals surface area contributed by atoms with Crippen molar-refractivity contribution in [3.8, 4) is 0 Å². The highest BCUT2D eigenvalue weighted by Crippen LogP contribution is 2.11. The van der Waals surface area contributed by atoms with E-state index in [9.17, 15) is 4.79 Å². The van der Waals surface area contributed by atoms with Gasteiger partial charge in [0.05, 0.1) is 6.54 Å². The van der Waals surface area contributed by atoms with Gasteiger partial charge in [-0.2, -0.15) is 0 Å². The summed E-state index contributed by atoms with van der Waals surface area (Å²) in [6.07, 6.45) is 3.41. The van der Waals surface area contributed by atoms with Gasteiger partial charge in [-0.15, -0.1) is 11.3 Å². The van der Waals surface area contributed by atoms with E-state index in [2.05, 4.69) is 20.6 Å². The van der Waals surface area contributed by atoms with Crippen molar-refractivity contribution in [2.75, 3.05) is 20.1 Å². The maximum absolute atomic E-state index is 11.7. The summed E-state index contributed by atoms with van der Waals surface area (Å²) < 4.78 is 0. The number of carbonyl (C=O) groups is 1. The third-order valence-corrected chi connectivity index (χ3v) is 4.40. The molecule has 0 aromatic carbocycles. The number of guanidine groups is 1. The van der Waals surface area contributed by atoms with Crippen LogP contribution in [0, 0.1) is 6.92 Å². The van der Waals surface area contributed by atoms with E-state index in [1.165, 1.54) is 4.88 Å². The molecule has 0 spiro atoms. The third-order valence-electron chi connectivity index (χ3n) is 3.48. The molecule has 1 unspecified atom stereocenters. The Morgan fingerprint density at radius 1 is 1.62 bits per heavy atom. The molecule has 0 radical (unpaired) electrons. The van der Waals surface area contributed by atoms with Gasteiger partial charge in [-0.3, -0.25) is 9.79 Å². The monoisotopic (exact) mass is 309 g/mol. The van der Waals surface area contributed by atoms with E-state index in [0.29, 0.717) is 13.0 Å². The molecule has 2 rings (SSSR count). The van der Waals surface area contributed by atoms with Crippen molar-refractivity contribution in [2.24, 2.45) is 4.99 Å². The molecule has 1 atom stereocenters. The van der Waals surface area contributed by atoms with Crippen LogP contribution in [0.4, 0.5) is 0 Å². The number of hydrogen-bond donors (Lipinski definition) is 2. The minimum absolute atomic E-state index is 0.223. The smallest absolute Gasteiger partial charge is 0.222 e. The van der Waals surface area contributed by atoms with Crippen molar-refractivity contribution in [3.63, 3.8) is 0 Å². The lowest BCUT2D eigenvalue weighted by molar-refractivity contribution is -0.129. The number of aromatic nitrogens is 1. The second-order valence-electron chi connectivity index (χ2n) is 5.11. The lowest BCUT2D eigenvalue weighted by atomic mass is 10.3. The Labute approximate surface area is 129 Å². The van der Waals surface area contributed by atoms with Crippen LogP contribution >= 0.6 is 11.3 Å². The zero-order valence-corrected chi connectivity index (χ0v) is 13.7. The van der Waals surface area contributed by atoms with Crippen molar-refractivity contribution in [1.29, 1.82) is 0 Å². The first kappa shape index (κ1) is 15.8.